The molecule has 1 aliphatic carbocycles. The third kappa shape index (κ3) is 3.16. The standard InChI is InChI=1S/C19H29NO2S2/c21-18-19(23-13-8-14-24-19)17(20-11-6-3-7-12-20)15-9-4-1-2-5-10-16(15)22-18/h17H,1-14H2. The average Bonchev–Trinajstić information content (AvgIpc) is 2.61. The van der Waals surface area contributed by atoms with Gasteiger partial charge >= 0.3 is 5.97 Å². The lowest BCUT2D eigenvalue weighted by Gasteiger charge is -2.50. The Balaban J connectivity index is 1.74. The van der Waals surface area contributed by atoms with E-state index in [1.165, 1.54) is 56.9 Å². The van der Waals surface area contributed by atoms with Gasteiger partial charge in [-0.15, -0.1) is 23.5 Å². The molecule has 3 aliphatic heterocycles. The van der Waals surface area contributed by atoms with Crippen molar-refractivity contribution in [1.29, 1.82) is 0 Å². The van der Waals surface area contributed by atoms with Crippen LogP contribution in [-0.2, 0) is 9.53 Å². The van der Waals surface area contributed by atoms with Gasteiger partial charge in [-0.3, -0.25) is 4.90 Å². The highest BCUT2D eigenvalue weighted by atomic mass is 32.2. The topological polar surface area (TPSA) is 29.5 Å². The molecule has 0 saturated carbocycles. The Morgan fingerprint density at radius 3 is 2.29 bits per heavy atom. The maximum Gasteiger partial charge on any atom is 0.339 e. The van der Waals surface area contributed by atoms with E-state index in [0.717, 1.165) is 43.2 Å². The first-order valence-electron chi connectivity index (χ1n) is 9.77. The van der Waals surface area contributed by atoms with Gasteiger partial charge in [0, 0.05) is 6.42 Å². The minimum Gasteiger partial charge on any atom is -0.429 e. The summed E-state index contributed by atoms with van der Waals surface area (Å²) < 4.78 is 5.62. The van der Waals surface area contributed by atoms with Crippen molar-refractivity contribution < 1.29 is 9.53 Å². The van der Waals surface area contributed by atoms with Crippen LogP contribution in [0.25, 0.3) is 0 Å². The Hall–Kier alpha value is -0.130. The van der Waals surface area contributed by atoms with Gasteiger partial charge in [0.25, 0.3) is 0 Å². The zero-order valence-corrected chi connectivity index (χ0v) is 16.2. The first-order chi connectivity index (χ1) is 11.8. The predicted octanol–water partition coefficient (Wildman–Crippen LogP) is 4.57. The quantitative estimate of drug-likeness (QED) is 0.633. The number of piperidine rings is 1. The zero-order valence-electron chi connectivity index (χ0n) is 14.6. The molecule has 0 aromatic heterocycles. The summed E-state index contributed by atoms with van der Waals surface area (Å²) in [6.07, 6.45) is 12.2. The lowest BCUT2D eigenvalue weighted by molar-refractivity contribution is -0.143. The second kappa shape index (κ2) is 7.63. The van der Waals surface area contributed by atoms with Crippen molar-refractivity contribution in [3.63, 3.8) is 0 Å². The van der Waals surface area contributed by atoms with E-state index in [0.29, 0.717) is 0 Å². The second-order valence-corrected chi connectivity index (χ2v) is 10.4. The Morgan fingerprint density at radius 2 is 1.54 bits per heavy atom. The average molecular weight is 368 g/mol. The van der Waals surface area contributed by atoms with Crippen molar-refractivity contribution in [2.45, 2.75) is 74.3 Å². The van der Waals surface area contributed by atoms with E-state index < -0.39 is 4.08 Å². The van der Waals surface area contributed by atoms with Gasteiger partial charge in [0.05, 0.1) is 6.04 Å². The molecule has 0 radical (unpaired) electrons. The maximum absolute atomic E-state index is 13.2. The third-order valence-corrected chi connectivity index (χ3v) is 9.16. The predicted molar refractivity (Wildman–Crippen MR) is 102 cm³/mol. The van der Waals surface area contributed by atoms with E-state index in [1.54, 1.807) is 0 Å². The van der Waals surface area contributed by atoms with Crippen LogP contribution in [0.15, 0.2) is 11.3 Å². The van der Waals surface area contributed by atoms with E-state index >= 15 is 0 Å². The Labute approximate surface area is 154 Å². The molecular formula is C19H29NO2S2. The monoisotopic (exact) mass is 367 g/mol. The number of rotatable bonds is 1. The van der Waals surface area contributed by atoms with Crippen molar-refractivity contribution in [1.82, 2.24) is 4.90 Å². The molecular weight excluding hydrogens is 338 g/mol. The van der Waals surface area contributed by atoms with E-state index in [-0.39, 0.29) is 12.0 Å². The molecule has 3 nitrogen and oxygen atoms in total. The highest BCUT2D eigenvalue weighted by Gasteiger charge is 2.56. The Kier molecular flexibility index (Phi) is 5.50. The molecule has 3 heterocycles. The van der Waals surface area contributed by atoms with Crippen LogP contribution < -0.4 is 0 Å². The van der Waals surface area contributed by atoms with Crippen molar-refractivity contribution in [3.8, 4) is 0 Å². The molecule has 1 spiro atoms. The van der Waals surface area contributed by atoms with Crippen molar-refractivity contribution in [3.05, 3.63) is 11.3 Å². The number of likely N-dealkylation sites (tertiary alicyclic amines) is 1. The highest BCUT2D eigenvalue weighted by molar-refractivity contribution is 8.20. The van der Waals surface area contributed by atoms with Gasteiger partial charge < -0.3 is 4.74 Å². The normalized spacial score (nSPS) is 32.0. The summed E-state index contributed by atoms with van der Waals surface area (Å²) in [5.41, 5.74) is 1.48. The number of carbonyl (C=O) groups is 1. The summed E-state index contributed by atoms with van der Waals surface area (Å²) in [7, 11) is 0. The number of thioether (sulfide) groups is 2. The lowest BCUT2D eigenvalue weighted by Crippen LogP contribution is -2.59. The highest BCUT2D eigenvalue weighted by Crippen LogP contribution is 2.53. The number of nitrogens with zero attached hydrogens (tertiary/aromatic N) is 1. The van der Waals surface area contributed by atoms with Gasteiger partial charge in [-0.05, 0) is 68.7 Å². The second-order valence-electron chi connectivity index (χ2n) is 7.47. The van der Waals surface area contributed by atoms with Crippen molar-refractivity contribution >= 4 is 29.5 Å². The molecule has 0 N–H and O–H groups in total. The van der Waals surface area contributed by atoms with E-state index in [1.807, 2.05) is 23.5 Å². The molecule has 0 aromatic rings. The first kappa shape index (κ1) is 17.3. The molecule has 24 heavy (non-hydrogen) atoms. The van der Waals surface area contributed by atoms with Crippen LogP contribution >= 0.6 is 23.5 Å². The number of ether oxygens (including phenoxy) is 1. The molecule has 0 bridgehead atoms. The van der Waals surface area contributed by atoms with Crippen molar-refractivity contribution in [2.75, 3.05) is 24.6 Å². The summed E-state index contributed by atoms with van der Waals surface area (Å²) in [5, 5.41) is 0. The van der Waals surface area contributed by atoms with Gasteiger partial charge in [-0.25, -0.2) is 4.79 Å². The summed E-state index contributed by atoms with van der Waals surface area (Å²) >= 11 is 3.75. The van der Waals surface area contributed by atoms with E-state index in [2.05, 4.69) is 4.90 Å². The number of carbonyl (C=O) groups excluding carboxylic acids is 1. The Bertz CT molecular complexity index is 507. The van der Waals surface area contributed by atoms with E-state index in [9.17, 15) is 4.79 Å². The maximum atomic E-state index is 13.2. The van der Waals surface area contributed by atoms with Gasteiger partial charge in [-0.1, -0.05) is 19.3 Å². The minimum atomic E-state index is -0.395. The molecule has 0 amide bonds. The summed E-state index contributed by atoms with van der Waals surface area (Å²) in [6, 6.07) is 0.280. The third-order valence-electron chi connectivity index (χ3n) is 5.83. The molecule has 1 atom stereocenters. The molecule has 2 fully saturated rings. The SMILES string of the molecule is O=C1OC2=C(CCCCCC2)C(N2CCCCC2)C12SCCCS2. The summed E-state index contributed by atoms with van der Waals surface area (Å²) in [4.78, 5) is 15.8. The van der Waals surface area contributed by atoms with Gasteiger partial charge in [0.1, 0.15) is 5.76 Å². The lowest BCUT2D eigenvalue weighted by atomic mass is 9.88. The van der Waals surface area contributed by atoms with Crippen LogP contribution in [0.2, 0.25) is 0 Å². The van der Waals surface area contributed by atoms with Gasteiger partial charge in [-0.2, -0.15) is 0 Å². The molecule has 0 aromatic carbocycles. The van der Waals surface area contributed by atoms with Crippen LogP contribution in [0.1, 0.15) is 64.2 Å². The first-order valence-corrected chi connectivity index (χ1v) is 11.7. The van der Waals surface area contributed by atoms with Crippen molar-refractivity contribution in [2.24, 2.45) is 0 Å². The molecule has 2 saturated heterocycles. The fourth-order valence-electron chi connectivity index (χ4n) is 4.65. The van der Waals surface area contributed by atoms with Crippen LogP contribution in [0.3, 0.4) is 0 Å². The fraction of sp³-hybridized carbons (Fsp3) is 0.842. The molecule has 5 heteroatoms. The van der Waals surface area contributed by atoms with Gasteiger partial charge in [0.15, 0.2) is 4.08 Å². The fourth-order valence-corrected chi connectivity index (χ4v) is 8.06. The van der Waals surface area contributed by atoms with E-state index in [4.69, 9.17) is 4.74 Å². The van der Waals surface area contributed by atoms with Crippen LogP contribution in [0, 0.1) is 0 Å². The number of esters is 1. The minimum absolute atomic E-state index is 0.0482. The van der Waals surface area contributed by atoms with Crippen LogP contribution in [-0.4, -0.2) is 45.6 Å². The summed E-state index contributed by atoms with van der Waals surface area (Å²) in [6.45, 7) is 2.30. The molecule has 134 valence electrons. The number of allylic oxidation sites excluding steroid dienone is 1. The summed E-state index contributed by atoms with van der Waals surface area (Å²) in [5.74, 6) is 3.28. The van der Waals surface area contributed by atoms with Gasteiger partial charge in [0.2, 0.25) is 0 Å². The number of hydrogen-bond acceptors (Lipinski definition) is 5. The molecule has 1 unspecified atom stereocenters. The molecule has 4 aliphatic rings. The Morgan fingerprint density at radius 1 is 0.875 bits per heavy atom. The smallest absolute Gasteiger partial charge is 0.339 e. The van der Waals surface area contributed by atoms with Crippen LogP contribution in [0.4, 0.5) is 0 Å². The van der Waals surface area contributed by atoms with Crippen LogP contribution in [0.5, 0.6) is 0 Å². The molecule has 4 rings (SSSR count). The largest absolute Gasteiger partial charge is 0.429 e. The number of hydrogen-bond donors (Lipinski definition) is 0. The zero-order chi connectivity index (χ0) is 16.4.